The molecule has 1 N–H and O–H groups in total. The normalized spacial score (nSPS) is 9.52. The van der Waals surface area contributed by atoms with Crippen molar-refractivity contribution in [2.45, 2.75) is 6.42 Å². The summed E-state index contributed by atoms with van der Waals surface area (Å²) in [5.41, 5.74) is 0.568. The molecule has 0 unspecified atom stereocenters. The number of para-hydroxylation sites is 2. The summed E-state index contributed by atoms with van der Waals surface area (Å²) in [6.07, 6.45) is 0.934. The molecule has 0 radical (unpaired) electrons. The summed E-state index contributed by atoms with van der Waals surface area (Å²) in [6, 6.07) is 19.2. The van der Waals surface area contributed by atoms with Crippen LogP contribution in [-0.4, -0.2) is 26.3 Å². The van der Waals surface area contributed by atoms with Gasteiger partial charge in [-0.1, -0.05) is 30.3 Å². The van der Waals surface area contributed by atoms with Crippen LogP contribution >= 0.6 is 12.4 Å². The SMILES string of the molecule is Cl.N#Cc1ccccc1OCCNCCCOc1ccccc1. The first kappa shape index (κ1) is 18.8. The van der Waals surface area contributed by atoms with Crippen molar-refractivity contribution >= 4 is 12.4 Å². The third-order valence-corrected chi connectivity index (χ3v) is 3.05. The summed E-state index contributed by atoms with van der Waals surface area (Å²) in [4.78, 5) is 0. The summed E-state index contributed by atoms with van der Waals surface area (Å²) in [7, 11) is 0. The predicted molar refractivity (Wildman–Crippen MR) is 93.3 cm³/mol. The number of nitriles is 1. The van der Waals surface area contributed by atoms with Gasteiger partial charge in [-0.3, -0.25) is 0 Å². The van der Waals surface area contributed by atoms with Crippen LogP contribution in [0.25, 0.3) is 0 Å². The maximum Gasteiger partial charge on any atom is 0.137 e. The van der Waals surface area contributed by atoms with Gasteiger partial charge in [-0.05, 0) is 37.2 Å². The minimum Gasteiger partial charge on any atom is -0.494 e. The average Bonchev–Trinajstić information content (AvgIpc) is 2.58. The van der Waals surface area contributed by atoms with Gasteiger partial charge in [0.05, 0.1) is 12.2 Å². The molecule has 0 aliphatic carbocycles. The summed E-state index contributed by atoms with van der Waals surface area (Å²) in [5, 5.41) is 12.2. The van der Waals surface area contributed by atoms with Crippen LogP contribution in [0.1, 0.15) is 12.0 Å². The molecule has 122 valence electrons. The first-order valence-electron chi connectivity index (χ1n) is 7.40. The van der Waals surface area contributed by atoms with Gasteiger partial charge in [0, 0.05) is 6.54 Å². The standard InChI is InChI=1S/C18H20N2O2.ClH/c19-15-16-7-4-5-10-18(16)22-14-12-20-11-6-13-21-17-8-2-1-3-9-17;/h1-5,7-10,20H,6,11-14H2;1H. The third-order valence-electron chi connectivity index (χ3n) is 3.05. The summed E-state index contributed by atoms with van der Waals surface area (Å²) < 4.78 is 11.2. The lowest BCUT2D eigenvalue weighted by atomic mass is 10.2. The van der Waals surface area contributed by atoms with E-state index in [1.54, 1.807) is 6.07 Å². The van der Waals surface area contributed by atoms with Gasteiger partial charge in [-0.15, -0.1) is 12.4 Å². The van der Waals surface area contributed by atoms with Crippen LogP contribution in [0.5, 0.6) is 11.5 Å². The van der Waals surface area contributed by atoms with Crippen LogP contribution in [0, 0.1) is 11.3 Å². The van der Waals surface area contributed by atoms with Crippen molar-refractivity contribution in [1.82, 2.24) is 5.32 Å². The van der Waals surface area contributed by atoms with Crippen molar-refractivity contribution in [3.05, 3.63) is 60.2 Å². The highest BCUT2D eigenvalue weighted by Crippen LogP contribution is 2.15. The minimum atomic E-state index is 0. The molecule has 0 fully saturated rings. The molecule has 0 amide bonds. The first-order chi connectivity index (χ1) is 10.9. The minimum absolute atomic E-state index is 0. The van der Waals surface area contributed by atoms with E-state index in [1.807, 2.05) is 48.5 Å². The van der Waals surface area contributed by atoms with Gasteiger partial charge in [0.2, 0.25) is 0 Å². The van der Waals surface area contributed by atoms with E-state index in [0.29, 0.717) is 24.5 Å². The Morgan fingerprint density at radius 3 is 2.39 bits per heavy atom. The molecule has 4 nitrogen and oxygen atoms in total. The lowest BCUT2D eigenvalue weighted by Gasteiger charge is -2.09. The Hall–Kier alpha value is -2.22. The van der Waals surface area contributed by atoms with E-state index in [0.717, 1.165) is 25.3 Å². The van der Waals surface area contributed by atoms with Gasteiger partial charge in [-0.2, -0.15) is 5.26 Å². The molecule has 5 heteroatoms. The lowest BCUT2D eigenvalue weighted by Crippen LogP contribution is -2.23. The molecule has 0 atom stereocenters. The molecular formula is C18H21ClN2O2. The van der Waals surface area contributed by atoms with Gasteiger partial charge in [0.25, 0.3) is 0 Å². The Balaban J connectivity index is 0.00000264. The van der Waals surface area contributed by atoms with Crippen molar-refractivity contribution in [1.29, 1.82) is 5.26 Å². The number of benzene rings is 2. The van der Waals surface area contributed by atoms with Crippen molar-refractivity contribution < 1.29 is 9.47 Å². The van der Waals surface area contributed by atoms with Crippen molar-refractivity contribution in [2.75, 3.05) is 26.3 Å². The molecule has 0 saturated carbocycles. The Kier molecular flexibility index (Phi) is 9.30. The van der Waals surface area contributed by atoms with Crippen LogP contribution < -0.4 is 14.8 Å². The number of nitrogens with zero attached hydrogens (tertiary/aromatic N) is 1. The van der Waals surface area contributed by atoms with E-state index in [9.17, 15) is 0 Å². The second-order valence-corrected chi connectivity index (χ2v) is 4.72. The Bertz CT molecular complexity index is 599. The predicted octanol–water partition coefficient (Wildman–Crippen LogP) is 3.42. The Morgan fingerprint density at radius 1 is 0.870 bits per heavy atom. The van der Waals surface area contributed by atoms with Gasteiger partial charge >= 0.3 is 0 Å². The average molecular weight is 333 g/mol. The quantitative estimate of drug-likeness (QED) is 0.715. The Labute approximate surface area is 143 Å². The number of halogens is 1. The van der Waals surface area contributed by atoms with Crippen LogP contribution in [0.15, 0.2) is 54.6 Å². The molecule has 0 heterocycles. The molecule has 23 heavy (non-hydrogen) atoms. The first-order valence-corrected chi connectivity index (χ1v) is 7.40. The fourth-order valence-corrected chi connectivity index (χ4v) is 1.95. The second-order valence-electron chi connectivity index (χ2n) is 4.72. The molecular weight excluding hydrogens is 312 g/mol. The highest BCUT2D eigenvalue weighted by Gasteiger charge is 2.00. The van der Waals surface area contributed by atoms with Crippen LogP contribution in [0.2, 0.25) is 0 Å². The summed E-state index contributed by atoms with van der Waals surface area (Å²) in [5.74, 6) is 1.54. The Morgan fingerprint density at radius 2 is 1.61 bits per heavy atom. The highest BCUT2D eigenvalue weighted by molar-refractivity contribution is 5.85. The third kappa shape index (κ3) is 7.05. The van der Waals surface area contributed by atoms with Gasteiger partial charge in [0.15, 0.2) is 0 Å². The molecule has 2 aromatic carbocycles. The van der Waals surface area contributed by atoms with Crippen molar-refractivity contribution in [3.8, 4) is 17.6 Å². The van der Waals surface area contributed by atoms with Gasteiger partial charge in [0.1, 0.15) is 24.2 Å². The maximum atomic E-state index is 8.95. The summed E-state index contributed by atoms with van der Waals surface area (Å²) >= 11 is 0. The number of rotatable bonds is 9. The number of nitrogens with one attached hydrogen (secondary N) is 1. The summed E-state index contributed by atoms with van der Waals surface area (Å²) in [6.45, 7) is 2.84. The highest BCUT2D eigenvalue weighted by atomic mass is 35.5. The van der Waals surface area contributed by atoms with Gasteiger partial charge in [-0.25, -0.2) is 0 Å². The van der Waals surface area contributed by atoms with Gasteiger partial charge < -0.3 is 14.8 Å². The van der Waals surface area contributed by atoms with Crippen LogP contribution in [-0.2, 0) is 0 Å². The maximum absolute atomic E-state index is 8.95. The monoisotopic (exact) mass is 332 g/mol. The number of ether oxygens (including phenoxy) is 2. The van der Waals surface area contributed by atoms with E-state index < -0.39 is 0 Å². The molecule has 2 aromatic rings. The molecule has 0 aliphatic rings. The van der Waals surface area contributed by atoms with E-state index in [2.05, 4.69) is 11.4 Å². The van der Waals surface area contributed by atoms with Crippen molar-refractivity contribution in [3.63, 3.8) is 0 Å². The zero-order valence-corrected chi connectivity index (χ0v) is 13.7. The second kappa shape index (κ2) is 11.4. The fraction of sp³-hybridized carbons (Fsp3) is 0.278. The number of hydrogen-bond donors (Lipinski definition) is 1. The number of hydrogen-bond acceptors (Lipinski definition) is 4. The van der Waals surface area contributed by atoms with E-state index in [4.69, 9.17) is 14.7 Å². The molecule has 0 aliphatic heterocycles. The largest absolute Gasteiger partial charge is 0.494 e. The fourth-order valence-electron chi connectivity index (χ4n) is 1.95. The lowest BCUT2D eigenvalue weighted by molar-refractivity contribution is 0.294. The molecule has 0 saturated heterocycles. The van der Waals surface area contributed by atoms with Crippen molar-refractivity contribution in [2.24, 2.45) is 0 Å². The molecule has 0 bridgehead atoms. The zero-order valence-electron chi connectivity index (χ0n) is 12.9. The van der Waals surface area contributed by atoms with E-state index in [-0.39, 0.29) is 12.4 Å². The zero-order chi connectivity index (χ0) is 15.5. The van der Waals surface area contributed by atoms with E-state index >= 15 is 0 Å². The topological polar surface area (TPSA) is 54.3 Å². The van der Waals surface area contributed by atoms with E-state index in [1.165, 1.54) is 0 Å². The molecule has 2 rings (SSSR count). The molecule has 0 spiro atoms. The van der Waals surface area contributed by atoms with Crippen LogP contribution in [0.3, 0.4) is 0 Å². The molecule has 0 aromatic heterocycles. The van der Waals surface area contributed by atoms with Crippen LogP contribution in [0.4, 0.5) is 0 Å². The smallest absolute Gasteiger partial charge is 0.137 e.